The fraction of sp³-hybridized carbons (Fsp3) is 0.348. The van der Waals surface area contributed by atoms with E-state index in [1.807, 2.05) is 49.3 Å². The number of carbonyl (C=O) groups is 2. The molecule has 2 aromatic rings. The van der Waals surface area contributed by atoms with Gasteiger partial charge >= 0.3 is 0 Å². The van der Waals surface area contributed by atoms with Crippen LogP contribution in [0.15, 0.2) is 59.8 Å². The molecule has 0 unspecified atom stereocenters. The number of likely N-dealkylation sites (N-methyl/N-ethyl adjacent to an activating group) is 1. The third-order valence-electron chi connectivity index (χ3n) is 4.91. The van der Waals surface area contributed by atoms with Crippen LogP contribution in [-0.2, 0) is 20.8 Å². The molecule has 31 heavy (non-hydrogen) atoms. The molecule has 7 nitrogen and oxygen atoms in total. The number of nitrogens with one attached hydrogen (secondary N) is 2. The number of nitrogens with zero attached hydrogens (tertiary/aromatic N) is 2. The molecule has 2 atom stereocenters. The molecule has 2 amide bonds. The highest BCUT2D eigenvalue weighted by atomic mass is 19.1. The molecule has 0 saturated carbocycles. The lowest BCUT2D eigenvalue weighted by molar-refractivity contribution is -0.135. The van der Waals surface area contributed by atoms with Gasteiger partial charge in [-0.25, -0.2) is 4.39 Å². The minimum atomic E-state index is -0.840. The Bertz CT molecular complexity index is 916. The van der Waals surface area contributed by atoms with Gasteiger partial charge in [-0.05, 0) is 37.4 Å². The van der Waals surface area contributed by atoms with Gasteiger partial charge < -0.3 is 20.4 Å². The Hall–Kier alpha value is -3.26. The molecule has 0 aromatic heterocycles. The van der Waals surface area contributed by atoms with Gasteiger partial charge in [-0.3, -0.25) is 9.59 Å². The van der Waals surface area contributed by atoms with Crippen molar-refractivity contribution in [2.24, 2.45) is 5.16 Å². The van der Waals surface area contributed by atoms with Crippen LogP contribution in [0.1, 0.15) is 17.5 Å². The van der Waals surface area contributed by atoms with Crippen molar-refractivity contribution >= 4 is 17.5 Å². The molecule has 1 heterocycles. The van der Waals surface area contributed by atoms with Crippen LogP contribution in [0, 0.1) is 5.82 Å². The first-order valence-electron chi connectivity index (χ1n) is 10.2. The minimum Gasteiger partial charge on any atom is -0.382 e. The van der Waals surface area contributed by atoms with E-state index >= 15 is 0 Å². The third kappa shape index (κ3) is 6.62. The zero-order chi connectivity index (χ0) is 22.2. The number of benzene rings is 2. The smallest absolute Gasteiger partial charge is 0.265 e. The summed E-state index contributed by atoms with van der Waals surface area (Å²) in [5.41, 5.74) is 2.19. The third-order valence-corrected chi connectivity index (χ3v) is 4.91. The first-order chi connectivity index (χ1) is 14.9. The van der Waals surface area contributed by atoms with Crippen molar-refractivity contribution in [3.63, 3.8) is 0 Å². The maximum atomic E-state index is 13.1. The predicted molar refractivity (Wildman–Crippen MR) is 116 cm³/mol. The SMILES string of the molecule is CN(C)CCNC(=O)[C@@H](Cc1ccccc1)NC(=O)[C@@H]1CC(c2ccc(F)cc2)=NO1. The minimum absolute atomic E-state index is 0.248. The topological polar surface area (TPSA) is 83.0 Å². The predicted octanol–water partition coefficient (Wildman–Crippen LogP) is 1.72. The number of hydrogen-bond acceptors (Lipinski definition) is 5. The van der Waals surface area contributed by atoms with E-state index < -0.39 is 18.1 Å². The summed E-state index contributed by atoms with van der Waals surface area (Å²) in [6.45, 7) is 1.17. The molecule has 0 radical (unpaired) electrons. The van der Waals surface area contributed by atoms with E-state index in [-0.39, 0.29) is 18.1 Å². The number of carbonyl (C=O) groups excluding carboxylic acids is 2. The van der Waals surface area contributed by atoms with Gasteiger partial charge in [0.1, 0.15) is 11.9 Å². The summed E-state index contributed by atoms with van der Waals surface area (Å²) in [6.07, 6.45) is -0.232. The van der Waals surface area contributed by atoms with Crippen LogP contribution in [0.5, 0.6) is 0 Å². The summed E-state index contributed by atoms with van der Waals surface area (Å²) in [7, 11) is 3.84. The molecule has 0 saturated heterocycles. The Kier molecular flexibility index (Phi) is 7.72. The zero-order valence-corrected chi connectivity index (χ0v) is 17.7. The van der Waals surface area contributed by atoms with Gasteiger partial charge in [-0.15, -0.1) is 0 Å². The second-order valence-corrected chi connectivity index (χ2v) is 7.69. The molecule has 3 rings (SSSR count). The summed E-state index contributed by atoms with van der Waals surface area (Å²) in [6, 6.07) is 14.6. The Balaban J connectivity index is 1.62. The van der Waals surface area contributed by atoms with Crippen LogP contribution in [-0.4, -0.2) is 61.8 Å². The number of oxime groups is 1. The maximum Gasteiger partial charge on any atom is 0.265 e. The summed E-state index contributed by atoms with van der Waals surface area (Å²) in [4.78, 5) is 32.8. The maximum absolute atomic E-state index is 13.1. The Morgan fingerprint density at radius 2 is 1.87 bits per heavy atom. The molecular weight excluding hydrogens is 399 g/mol. The number of hydrogen-bond donors (Lipinski definition) is 2. The summed E-state index contributed by atoms with van der Waals surface area (Å²) < 4.78 is 13.1. The Labute approximate surface area is 181 Å². The van der Waals surface area contributed by atoms with E-state index in [9.17, 15) is 14.0 Å². The van der Waals surface area contributed by atoms with Crippen molar-refractivity contribution in [2.45, 2.75) is 25.0 Å². The fourth-order valence-corrected chi connectivity index (χ4v) is 3.18. The van der Waals surface area contributed by atoms with E-state index in [2.05, 4.69) is 15.8 Å². The lowest BCUT2D eigenvalue weighted by atomic mass is 10.0. The number of rotatable bonds is 9. The molecule has 1 aliphatic rings. The quantitative estimate of drug-likeness (QED) is 0.640. The number of amides is 2. The van der Waals surface area contributed by atoms with Crippen molar-refractivity contribution in [3.8, 4) is 0 Å². The van der Waals surface area contributed by atoms with Crippen LogP contribution in [0.3, 0.4) is 0 Å². The van der Waals surface area contributed by atoms with Crippen LogP contribution in [0.2, 0.25) is 0 Å². The molecule has 0 aliphatic carbocycles. The van der Waals surface area contributed by atoms with E-state index in [0.717, 1.165) is 5.56 Å². The Morgan fingerprint density at radius 1 is 1.16 bits per heavy atom. The lowest BCUT2D eigenvalue weighted by Gasteiger charge is -2.20. The van der Waals surface area contributed by atoms with Crippen molar-refractivity contribution in [1.29, 1.82) is 0 Å². The molecule has 2 aromatic carbocycles. The van der Waals surface area contributed by atoms with Gasteiger partial charge in [0.15, 0.2) is 0 Å². The van der Waals surface area contributed by atoms with Crippen molar-refractivity contribution in [2.75, 3.05) is 27.2 Å². The highest BCUT2D eigenvalue weighted by Gasteiger charge is 2.32. The van der Waals surface area contributed by atoms with Gasteiger partial charge in [0, 0.05) is 25.9 Å². The van der Waals surface area contributed by atoms with E-state index in [4.69, 9.17) is 4.84 Å². The normalized spacial score (nSPS) is 16.4. The molecule has 0 spiro atoms. The van der Waals surface area contributed by atoms with Gasteiger partial charge in [0.2, 0.25) is 12.0 Å². The van der Waals surface area contributed by atoms with E-state index in [1.165, 1.54) is 12.1 Å². The molecule has 164 valence electrons. The fourth-order valence-electron chi connectivity index (χ4n) is 3.18. The first-order valence-corrected chi connectivity index (χ1v) is 10.2. The van der Waals surface area contributed by atoms with Crippen LogP contribution < -0.4 is 10.6 Å². The van der Waals surface area contributed by atoms with Crippen molar-refractivity contribution in [3.05, 3.63) is 71.5 Å². The second kappa shape index (κ2) is 10.7. The Morgan fingerprint density at radius 3 is 2.55 bits per heavy atom. The molecule has 2 N–H and O–H groups in total. The highest BCUT2D eigenvalue weighted by molar-refractivity contribution is 6.04. The summed E-state index contributed by atoms with van der Waals surface area (Å²) >= 11 is 0. The van der Waals surface area contributed by atoms with Gasteiger partial charge in [0.25, 0.3) is 5.91 Å². The standard InChI is InChI=1S/C23H27FN4O3/c1-28(2)13-12-25-22(29)20(14-16-6-4-3-5-7-16)26-23(30)21-15-19(27-31-21)17-8-10-18(24)11-9-17/h3-11,20-21H,12-15H2,1-2H3,(H,25,29)(H,26,30)/t20-,21+/m1/s1. The zero-order valence-electron chi connectivity index (χ0n) is 17.7. The van der Waals surface area contributed by atoms with Gasteiger partial charge in [0.05, 0.1) is 5.71 Å². The van der Waals surface area contributed by atoms with Crippen LogP contribution in [0.4, 0.5) is 4.39 Å². The molecular formula is C23H27FN4O3. The van der Waals surface area contributed by atoms with Gasteiger partial charge in [-0.1, -0.05) is 47.6 Å². The summed E-state index contributed by atoms with van der Waals surface area (Å²) in [5, 5.41) is 9.64. The monoisotopic (exact) mass is 426 g/mol. The molecule has 8 heteroatoms. The molecule has 1 aliphatic heterocycles. The average molecular weight is 426 g/mol. The van der Waals surface area contributed by atoms with Crippen molar-refractivity contribution < 1.29 is 18.8 Å². The van der Waals surface area contributed by atoms with Gasteiger partial charge in [-0.2, -0.15) is 0 Å². The largest absolute Gasteiger partial charge is 0.382 e. The second-order valence-electron chi connectivity index (χ2n) is 7.69. The average Bonchev–Trinajstić information content (AvgIpc) is 3.24. The van der Waals surface area contributed by atoms with E-state index in [1.54, 1.807) is 12.1 Å². The molecule has 0 fully saturated rings. The first kappa shape index (κ1) is 22.4. The highest BCUT2D eigenvalue weighted by Crippen LogP contribution is 2.17. The summed E-state index contributed by atoms with van der Waals surface area (Å²) in [5.74, 6) is -1.01. The van der Waals surface area contributed by atoms with E-state index in [0.29, 0.717) is 30.8 Å². The van der Waals surface area contributed by atoms with Crippen LogP contribution >= 0.6 is 0 Å². The number of halogens is 1. The van der Waals surface area contributed by atoms with Crippen molar-refractivity contribution in [1.82, 2.24) is 15.5 Å². The molecule has 0 bridgehead atoms. The lowest BCUT2D eigenvalue weighted by Crippen LogP contribution is -2.51. The van der Waals surface area contributed by atoms with Crippen LogP contribution in [0.25, 0.3) is 0 Å².